The molecule has 3 rings (SSSR count). The summed E-state index contributed by atoms with van der Waals surface area (Å²) in [6.45, 7) is 14.1. The monoisotopic (exact) mass is 560 g/mol. The summed E-state index contributed by atoms with van der Waals surface area (Å²) in [7, 11) is -2.44. The van der Waals surface area contributed by atoms with E-state index in [9.17, 15) is 18.8 Å². The van der Waals surface area contributed by atoms with Crippen LogP contribution in [0.1, 0.15) is 75.0 Å². The van der Waals surface area contributed by atoms with Gasteiger partial charge in [-0.3, -0.25) is 9.78 Å². The van der Waals surface area contributed by atoms with E-state index < -0.39 is 25.5 Å². The molecule has 0 unspecified atom stereocenters. The highest BCUT2D eigenvalue weighted by atomic mass is 35.5. The lowest BCUT2D eigenvalue weighted by atomic mass is 9.93. The Bertz CT molecular complexity index is 1380. The number of hydrogen-bond donors (Lipinski definition) is 1. The molecule has 0 aliphatic rings. The summed E-state index contributed by atoms with van der Waals surface area (Å²) in [5, 5.41) is -0.197. The summed E-state index contributed by atoms with van der Waals surface area (Å²) in [6, 6.07) is 6.60. The fraction of sp³-hybridized carbons (Fsp3) is 0.483. The molecule has 9 heteroatoms. The zero-order valence-corrected chi connectivity index (χ0v) is 25.0. The molecule has 1 N–H and O–H groups in total. The molecule has 0 spiro atoms. The van der Waals surface area contributed by atoms with Gasteiger partial charge in [0.15, 0.2) is 8.32 Å². The minimum Gasteiger partial charge on any atom is -0.462 e. The van der Waals surface area contributed by atoms with Crippen molar-refractivity contribution in [1.29, 1.82) is 0 Å². The molecule has 0 bridgehead atoms. The van der Waals surface area contributed by atoms with Crippen LogP contribution in [-0.4, -0.2) is 35.2 Å². The lowest BCUT2D eigenvalue weighted by Crippen LogP contribution is -2.39. The summed E-state index contributed by atoms with van der Waals surface area (Å²) in [5.74, 6) is -1.03. The van der Waals surface area contributed by atoms with Crippen molar-refractivity contribution >= 4 is 36.9 Å². The van der Waals surface area contributed by atoms with Crippen molar-refractivity contribution in [2.24, 2.45) is 5.92 Å². The van der Waals surface area contributed by atoms with Crippen LogP contribution in [0.2, 0.25) is 23.2 Å². The molecule has 0 saturated carbocycles. The molecule has 0 aliphatic carbocycles. The Morgan fingerprint density at radius 3 is 2.58 bits per heavy atom. The van der Waals surface area contributed by atoms with Crippen LogP contribution >= 0.6 is 11.6 Å². The predicted octanol–water partition coefficient (Wildman–Crippen LogP) is 6.91. The zero-order chi connectivity index (χ0) is 28.4. The number of ether oxygens (including phenoxy) is 1. The van der Waals surface area contributed by atoms with Crippen molar-refractivity contribution in [3.05, 3.63) is 74.4 Å². The van der Waals surface area contributed by atoms with Gasteiger partial charge in [-0.1, -0.05) is 51.4 Å². The molecule has 0 amide bonds. The lowest BCUT2D eigenvalue weighted by molar-refractivity contribution is 0.0523. The maximum absolute atomic E-state index is 14.6. The standard InChI is InChI=1S/C29H38ClFN2O4Si/c1-8-37-28(35)21-17-33(23(18(2)3)12-13-29(4,5)38(6,7)36)24-15-19(16-32-26(24)27(21)34)14-20-10-9-11-22(30)25(20)31/h9-11,15-18,23,36H,8,12-14H2,1-7H3/t23-/m1/s1. The zero-order valence-electron chi connectivity index (χ0n) is 23.3. The predicted molar refractivity (Wildman–Crippen MR) is 153 cm³/mol. The van der Waals surface area contributed by atoms with Crippen molar-refractivity contribution in [3.63, 3.8) is 0 Å². The van der Waals surface area contributed by atoms with Gasteiger partial charge < -0.3 is 14.1 Å². The van der Waals surface area contributed by atoms with E-state index >= 15 is 0 Å². The third-order valence-corrected chi connectivity index (χ3v) is 11.6. The molecule has 2 aromatic heterocycles. The van der Waals surface area contributed by atoms with Gasteiger partial charge in [-0.15, -0.1) is 0 Å². The second-order valence-corrected chi connectivity index (χ2v) is 16.3. The van der Waals surface area contributed by atoms with Gasteiger partial charge in [0.25, 0.3) is 0 Å². The van der Waals surface area contributed by atoms with Gasteiger partial charge >= 0.3 is 5.97 Å². The van der Waals surface area contributed by atoms with E-state index in [-0.39, 0.29) is 46.1 Å². The number of benzene rings is 1. The molecule has 38 heavy (non-hydrogen) atoms. The molecule has 0 saturated heterocycles. The molecule has 6 nitrogen and oxygen atoms in total. The van der Waals surface area contributed by atoms with E-state index in [4.69, 9.17) is 16.3 Å². The normalized spacial score (nSPS) is 13.2. The van der Waals surface area contributed by atoms with Crippen LogP contribution < -0.4 is 5.43 Å². The van der Waals surface area contributed by atoms with Crippen LogP contribution in [0.25, 0.3) is 11.0 Å². The number of rotatable bonds is 10. The van der Waals surface area contributed by atoms with Crippen molar-refractivity contribution in [3.8, 4) is 0 Å². The SMILES string of the molecule is CCOC(=O)c1cn([C@H](CCC(C)(C)[Si](C)(C)O)C(C)C)c2cc(Cc3cccc(Cl)c3F)cnc2c1=O. The van der Waals surface area contributed by atoms with Crippen molar-refractivity contribution in [1.82, 2.24) is 9.55 Å². The van der Waals surface area contributed by atoms with Gasteiger partial charge in [0.2, 0.25) is 5.43 Å². The Hall–Kier alpha value is -2.55. The maximum atomic E-state index is 14.6. The summed E-state index contributed by atoms with van der Waals surface area (Å²) >= 11 is 5.98. The molecule has 1 aromatic carbocycles. The van der Waals surface area contributed by atoms with E-state index in [2.05, 4.69) is 32.7 Å². The number of carbonyl (C=O) groups excluding carboxylic acids is 1. The van der Waals surface area contributed by atoms with E-state index in [1.807, 2.05) is 23.7 Å². The Labute approximate surface area is 229 Å². The number of nitrogens with zero attached hydrogens (tertiary/aromatic N) is 2. The molecule has 3 aromatic rings. The average Bonchev–Trinajstić information content (AvgIpc) is 2.82. The number of halogens is 2. The Morgan fingerprint density at radius 2 is 1.97 bits per heavy atom. The summed E-state index contributed by atoms with van der Waals surface area (Å²) in [4.78, 5) is 41.4. The third kappa shape index (κ3) is 6.35. The van der Waals surface area contributed by atoms with Crippen LogP contribution in [0, 0.1) is 11.7 Å². The highest BCUT2D eigenvalue weighted by Gasteiger charge is 2.38. The highest BCUT2D eigenvalue weighted by Crippen LogP contribution is 2.42. The fourth-order valence-corrected chi connectivity index (χ4v) is 5.45. The number of fused-ring (bicyclic) bond motifs is 1. The van der Waals surface area contributed by atoms with Crippen LogP contribution in [0.5, 0.6) is 0 Å². The molecule has 0 radical (unpaired) electrons. The van der Waals surface area contributed by atoms with Crippen LogP contribution in [0.4, 0.5) is 4.39 Å². The number of pyridine rings is 2. The van der Waals surface area contributed by atoms with E-state index in [1.165, 1.54) is 12.3 Å². The third-order valence-electron chi connectivity index (χ3n) is 7.70. The molecule has 2 heterocycles. The van der Waals surface area contributed by atoms with E-state index in [1.54, 1.807) is 25.3 Å². The minimum absolute atomic E-state index is 0.0464. The van der Waals surface area contributed by atoms with Crippen molar-refractivity contribution in [2.45, 2.75) is 78.1 Å². The first kappa shape index (κ1) is 30.0. The summed E-state index contributed by atoms with van der Waals surface area (Å²) in [6.07, 6.45) is 4.83. The topological polar surface area (TPSA) is 81.4 Å². The summed E-state index contributed by atoms with van der Waals surface area (Å²) < 4.78 is 21.7. The Kier molecular flexibility index (Phi) is 9.22. The van der Waals surface area contributed by atoms with Gasteiger partial charge in [-0.05, 0) is 67.1 Å². The van der Waals surface area contributed by atoms with Gasteiger partial charge in [0.1, 0.15) is 16.9 Å². The molecule has 1 atom stereocenters. The van der Waals surface area contributed by atoms with Crippen molar-refractivity contribution in [2.75, 3.05) is 6.61 Å². The number of aromatic nitrogens is 2. The molecular formula is C29H38ClFN2O4Si. The quantitative estimate of drug-likeness (QED) is 0.215. The van der Waals surface area contributed by atoms with Gasteiger partial charge in [-0.25, -0.2) is 9.18 Å². The highest BCUT2D eigenvalue weighted by molar-refractivity contribution is 6.72. The largest absolute Gasteiger partial charge is 0.462 e. The minimum atomic E-state index is -2.44. The van der Waals surface area contributed by atoms with Gasteiger partial charge in [0, 0.05) is 24.9 Å². The fourth-order valence-electron chi connectivity index (χ4n) is 4.50. The van der Waals surface area contributed by atoms with Crippen LogP contribution in [0.3, 0.4) is 0 Å². The molecule has 0 fully saturated rings. The smallest absolute Gasteiger partial charge is 0.343 e. The first-order valence-electron chi connectivity index (χ1n) is 13.0. The molecular weight excluding hydrogens is 523 g/mol. The maximum Gasteiger partial charge on any atom is 0.343 e. The Balaban J connectivity index is 2.19. The van der Waals surface area contributed by atoms with Gasteiger partial charge in [-0.2, -0.15) is 0 Å². The van der Waals surface area contributed by atoms with Crippen LogP contribution in [-0.2, 0) is 11.2 Å². The number of esters is 1. The van der Waals surface area contributed by atoms with Gasteiger partial charge in [0.05, 0.1) is 17.1 Å². The first-order chi connectivity index (χ1) is 17.7. The van der Waals surface area contributed by atoms with E-state index in [0.29, 0.717) is 16.6 Å². The van der Waals surface area contributed by atoms with Crippen LogP contribution in [0.15, 0.2) is 41.5 Å². The second-order valence-electron chi connectivity index (χ2n) is 11.4. The second kappa shape index (κ2) is 11.7. The Morgan fingerprint density at radius 1 is 1.29 bits per heavy atom. The molecule has 0 aliphatic heterocycles. The number of carbonyl (C=O) groups is 1. The molecule has 206 valence electrons. The summed E-state index contributed by atoms with van der Waals surface area (Å²) in [5.41, 5.74) is 1.30. The van der Waals surface area contributed by atoms with E-state index in [0.717, 1.165) is 12.8 Å². The number of hydrogen-bond acceptors (Lipinski definition) is 5. The van der Waals surface area contributed by atoms with Crippen molar-refractivity contribution < 1.29 is 18.7 Å². The first-order valence-corrected chi connectivity index (χ1v) is 16.4. The average molecular weight is 561 g/mol. The lowest BCUT2D eigenvalue weighted by Gasteiger charge is -2.37.